The molecule has 158 valence electrons. The summed E-state index contributed by atoms with van der Waals surface area (Å²) in [6.45, 7) is 0. The Kier molecular flexibility index (Phi) is 6.08. The SMILES string of the molecule is COC(=O)c1ccc(Nc2ccc(C(F)NS(C)(=O)=O)cc2)c(-c2nnn(C)n2)c1. The first-order chi connectivity index (χ1) is 14.2. The van der Waals surface area contributed by atoms with Crippen LogP contribution < -0.4 is 10.0 Å². The van der Waals surface area contributed by atoms with Gasteiger partial charge in [0.1, 0.15) is 0 Å². The number of carbonyl (C=O) groups is 1. The molecule has 0 saturated heterocycles. The van der Waals surface area contributed by atoms with Crippen LogP contribution in [0.15, 0.2) is 42.5 Å². The van der Waals surface area contributed by atoms with Crippen molar-refractivity contribution in [2.75, 3.05) is 18.7 Å². The van der Waals surface area contributed by atoms with Gasteiger partial charge in [0.25, 0.3) is 0 Å². The molecule has 3 aromatic rings. The van der Waals surface area contributed by atoms with E-state index in [0.29, 0.717) is 28.3 Å². The average Bonchev–Trinajstić information content (AvgIpc) is 3.13. The molecular weight excluding hydrogens is 415 g/mol. The van der Waals surface area contributed by atoms with Crippen LogP contribution in [0.4, 0.5) is 15.8 Å². The number of nitrogens with one attached hydrogen (secondary N) is 2. The fraction of sp³-hybridized carbons (Fsp3) is 0.222. The van der Waals surface area contributed by atoms with Gasteiger partial charge in [-0.05, 0) is 35.5 Å². The highest BCUT2D eigenvalue weighted by Gasteiger charge is 2.17. The third-order valence-corrected chi connectivity index (χ3v) is 4.62. The van der Waals surface area contributed by atoms with Crippen LogP contribution in [0.3, 0.4) is 0 Å². The first kappa shape index (κ1) is 21.3. The van der Waals surface area contributed by atoms with Crippen LogP contribution in [0.5, 0.6) is 0 Å². The van der Waals surface area contributed by atoms with E-state index in [1.54, 1.807) is 37.4 Å². The van der Waals surface area contributed by atoms with Crippen molar-refractivity contribution in [1.29, 1.82) is 0 Å². The van der Waals surface area contributed by atoms with E-state index in [-0.39, 0.29) is 5.56 Å². The Hall–Kier alpha value is -3.38. The number of methoxy groups -OCH3 is 1. The lowest BCUT2D eigenvalue weighted by Crippen LogP contribution is -2.24. The number of halogens is 1. The van der Waals surface area contributed by atoms with Crippen LogP contribution in [0.2, 0.25) is 0 Å². The summed E-state index contributed by atoms with van der Waals surface area (Å²) in [4.78, 5) is 13.2. The predicted molar refractivity (Wildman–Crippen MR) is 107 cm³/mol. The summed E-state index contributed by atoms with van der Waals surface area (Å²) in [5.74, 6) is -0.216. The maximum Gasteiger partial charge on any atom is 0.337 e. The maximum absolute atomic E-state index is 14.1. The molecule has 0 spiro atoms. The molecule has 2 aromatic carbocycles. The second-order valence-corrected chi connectivity index (χ2v) is 8.13. The van der Waals surface area contributed by atoms with Crippen molar-refractivity contribution < 1.29 is 22.3 Å². The number of alkyl halides is 1. The normalized spacial score (nSPS) is 12.4. The van der Waals surface area contributed by atoms with Gasteiger partial charge in [-0.25, -0.2) is 17.6 Å². The fourth-order valence-electron chi connectivity index (χ4n) is 2.62. The van der Waals surface area contributed by atoms with Crippen molar-refractivity contribution in [2.24, 2.45) is 7.05 Å². The van der Waals surface area contributed by atoms with Crippen LogP contribution in [0.25, 0.3) is 11.4 Å². The van der Waals surface area contributed by atoms with Crippen molar-refractivity contribution in [1.82, 2.24) is 24.9 Å². The number of aromatic nitrogens is 4. The molecule has 0 fully saturated rings. The van der Waals surface area contributed by atoms with E-state index in [0.717, 1.165) is 6.26 Å². The molecule has 0 aliphatic heterocycles. The summed E-state index contributed by atoms with van der Waals surface area (Å²) in [5.41, 5.74) is 2.16. The van der Waals surface area contributed by atoms with Gasteiger partial charge in [0.05, 0.1) is 26.0 Å². The molecule has 1 heterocycles. The van der Waals surface area contributed by atoms with E-state index in [1.807, 2.05) is 4.72 Å². The monoisotopic (exact) mass is 434 g/mol. The van der Waals surface area contributed by atoms with Gasteiger partial charge < -0.3 is 10.1 Å². The fourth-order valence-corrected chi connectivity index (χ4v) is 3.13. The number of rotatable bonds is 7. The lowest BCUT2D eigenvalue weighted by Gasteiger charge is -2.13. The minimum Gasteiger partial charge on any atom is -0.465 e. The second kappa shape index (κ2) is 8.55. The van der Waals surface area contributed by atoms with Gasteiger partial charge in [-0.3, -0.25) is 0 Å². The van der Waals surface area contributed by atoms with E-state index in [4.69, 9.17) is 4.74 Å². The van der Waals surface area contributed by atoms with Gasteiger partial charge in [-0.2, -0.15) is 9.52 Å². The molecule has 1 aromatic heterocycles. The summed E-state index contributed by atoms with van der Waals surface area (Å²) < 4.78 is 43.0. The summed E-state index contributed by atoms with van der Waals surface area (Å²) in [6.07, 6.45) is -0.969. The largest absolute Gasteiger partial charge is 0.465 e. The molecule has 1 atom stereocenters. The summed E-state index contributed by atoms with van der Waals surface area (Å²) in [6, 6.07) is 10.9. The van der Waals surface area contributed by atoms with Crippen LogP contribution in [-0.4, -0.2) is 48.0 Å². The van der Waals surface area contributed by atoms with Crippen molar-refractivity contribution in [3.8, 4) is 11.4 Å². The zero-order valence-electron chi connectivity index (χ0n) is 16.3. The van der Waals surface area contributed by atoms with Crippen molar-refractivity contribution in [2.45, 2.75) is 6.30 Å². The molecule has 0 bridgehead atoms. The molecule has 0 amide bonds. The predicted octanol–water partition coefficient (Wildman–Crippen LogP) is 1.92. The number of ether oxygens (including phenoxy) is 1. The lowest BCUT2D eigenvalue weighted by molar-refractivity contribution is 0.0601. The van der Waals surface area contributed by atoms with Crippen LogP contribution in [0.1, 0.15) is 22.2 Å². The highest BCUT2D eigenvalue weighted by Crippen LogP contribution is 2.30. The molecule has 30 heavy (non-hydrogen) atoms. The minimum atomic E-state index is -3.68. The van der Waals surface area contributed by atoms with E-state index in [2.05, 4.69) is 20.7 Å². The standard InChI is InChI=1S/C18H19FN6O4S/c1-25-22-17(21-24-25)14-10-12(18(26)29-2)6-9-15(14)20-13-7-4-11(5-8-13)16(19)23-30(3,27)28/h4-10,16,20,23H,1-3H3. The molecule has 3 rings (SSSR count). The zero-order valence-corrected chi connectivity index (χ0v) is 17.1. The first-order valence-electron chi connectivity index (χ1n) is 8.61. The maximum atomic E-state index is 14.1. The number of carbonyl (C=O) groups excluding carboxylic acids is 1. The molecule has 1 unspecified atom stereocenters. The van der Waals surface area contributed by atoms with Crippen molar-refractivity contribution in [3.05, 3.63) is 53.6 Å². The highest BCUT2D eigenvalue weighted by atomic mass is 32.2. The third kappa shape index (κ3) is 5.15. The van der Waals surface area contributed by atoms with Gasteiger partial charge in [-0.15, -0.1) is 10.2 Å². The number of sulfonamides is 1. The van der Waals surface area contributed by atoms with Crippen LogP contribution in [-0.2, 0) is 21.8 Å². The second-order valence-electron chi connectivity index (χ2n) is 6.35. The smallest absolute Gasteiger partial charge is 0.337 e. The van der Waals surface area contributed by atoms with E-state index >= 15 is 0 Å². The molecular formula is C18H19FN6O4S. The molecule has 2 N–H and O–H groups in total. The molecule has 0 aliphatic carbocycles. The van der Waals surface area contributed by atoms with Crippen LogP contribution in [0, 0.1) is 0 Å². The van der Waals surface area contributed by atoms with Crippen molar-refractivity contribution in [3.63, 3.8) is 0 Å². The van der Waals surface area contributed by atoms with Gasteiger partial charge in [0.2, 0.25) is 15.8 Å². The Labute approximate surface area is 172 Å². The van der Waals surface area contributed by atoms with Gasteiger partial charge >= 0.3 is 5.97 Å². The third-order valence-electron chi connectivity index (χ3n) is 3.99. The summed E-state index contributed by atoms with van der Waals surface area (Å²) in [5, 5.41) is 15.1. The molecule has 0 aliphatic rings. The summed E-state index contributed by atoms with van der Waals surface area (Å²) >= 11 is 0. The average molecular weight is 434 g/mol. The van der Waals surface area contributed by atoms with Gasteiger partial charge in [0.15, 0.2) is 6.30 Å². The van der Waals surface area contributed by atoms with Gasteiger partial charge in [0, 0.05) is 22.5 Å². The van der Waals surface area contributed by atoms with Gasteiger partial charge in [-0.1, -0.05) is 12.1 Å². The molecule has 0 radical (unpaired) electrons. The Morgan fingerprint density at radius 1 is 1.20 bits per heavy atom. The number of tetrazole rings is 1. The first-order valence-corrected chi connectivity index (χ1v) is 10.5. The number of hydrogen-bond donors (Lipinski definition) is 2. The Morgan fingerprint density at radius 2 is 1.90 bits per heavy atom. The highest BCUT2D eigenvalue weighted by molar-refractivity contribution is 7.88. The molecule has 10 nitrogen and oxygen atoms in total. The quantitative estimate of drug-likeness (QED) is 0.426. The van der Waals surface area contributed by atoms with E-state index < -0.39 is 22.3 Å². The molecule has 0 saturated carbocycles. The number of aryl methyl sites for hydroxylation is 1. The zero-order chi connectivity index (χ0) is 21.9. The number of esters is 1. The lowest BCUT2D eigenvalue weighted by atomic mass is 10.1. The summed E-state index contributed by atoms with van der Waals surface area (Å²) in [7, 11) is -0.778. The number of anilines is 2. The number of hydrogen-bond acceptors (Lipinski definition) is 8. The molecule has 12 heteroatoms. The van der Waals surface area contributed by atoms with Crippen LogP contribution >= 0.6 is 0 Å². The topological polar surface area (TPSA) is 128 Å². The Bertz CT molecular complexity index is 1160. The van der Waals surface area contributed by atoms with Crippen molar-refractivity contribution >= 4 is 27.4 Å². The Morgan fingerprint density at radius 3 is 2.47 bits per heavy atom. The minimum absolute atomic E-state index is 0.155. The number of nitrogens with zero attached hydrogens (tertiary/aromatic N) is 4. The Balaban J connectivity index is 1.89. The number of benzene rings is 2. The van der Waals surface area contributed by atoms with E-state index in [9.17, 15) is 17.6 Å². The van der Waals surface area contributed by atoms with E-state index in [1.165, 1.54) is 24.0 Å².